The van der Waals surface area contributed by atoms with Gasteiger partial charge in [-0.05, 0) is 93.8 Å². The molecule has 3 N–H and O–H groups in total. The highest BCUT2D eigenvalue weighted by atomic mass is 35.5. The molecule has 47 heavy (non-hydrogen) atoms. The highest BCUT2D eigenvalue weighted by Crippen LogP contribution is 2.33. The second-order valence-corrected chi connectivity index (χ2v) is 12.4. The Labute approximate surface area is 276 Å². The van der Waals surface area contributed by atoms with E-state index in [1.807, 2.05) is 20.8 Å². The number of rotatable bonds is 9. The molecule has 13 heteroatoms. The van der Waals surface area contributed by atoms with Crippen molar-refractivity contribution in [1.82, 2.24) is 14.9 Å². The maximum atomic E-state index is 13.2. The fourth-order valence-corrected chi connectivity index (χ4v) is 5.05. The van der Waals surface area contributed by atoms with Gasteiger partial charge in [0.05, 0.1) is 10.6 Å². The third kappa shape index (κ3) is 9.39. The van der Waals surface area contributed by atoms with Crippen molar-refractivity contribution in [1.29, 1.82) is 0 Å². The van der Waals surface area contributed by atoms with Crippen LogP contribution in [0.15, 0.2) is 79.1 Å². The Morgan fingerprint density at radius 2 is 1.74 bits per heavy atom. The highest BCUT2D eigenvalue weighted by molar-refractivity contribution is 6.32. The topological polar surface area (TPSA) is 135 Å². The van der Waals surface area contributed by atoms with E-state index in [-0.39, 0.29) is 34.9 Å². The van der Waals surface area contributed by atoms with E-state index in [0.717, 1.165) is 0 Å². The third-order valence-electron chi connectivity index (χ3n) is 6.99. The molecule has 1 saturated heterocycles. The van der Waals surface area contributed by atoms with Gasteiger partial charge in [-0.15, -0.1) is 0 Å². The molecule has 3 amide bonds. The second kappa shape index (κ2) is 14.5. The van der Waals surface area contributed by atoms with Crippen molar-refractivity contribution in [2.24, 2.45) is 5.92 Å². The van der Waals surface area contributed by atoms with Crippen LogP contribution < -0.4 is 20.7 Å². The Kier molecular flexibility index (Phi) is 10.2. The molecule has 244 valence electrons. The van der Waals surface area contributed by atoms with E-state index in [1.54, 1.807) is 53.6 Å². The number of ether oxygens (including phenoxy) is 2. The van der Waals surface area contributed by atoms with Crippen LogP contribution >= 0.6 is 11.6 Å². The molecule has 1 aliphatic heterocycles. The van der Waals surface area contributed by atoms with Crippen LogP contribution in [0.1, 0.15) is 44.0 Å². The van der Waals surface area contributed by atoms with Gasteiger partial charge in [-0.3, -0.25) is 9.59 Å². The van der Waals surface area contributed by atoms with Crippen LogP contribution in [0, 0.1) is 11.7 Å². The molecular formula is C34H34ClFN6O5. The lowest BCUT2D eigenvalue weighted by Gasteiger charge is -2.24. The summed E-state index contributed by atoms with van der Waals surface area (Å²) < 4.78 is 24.6. The predicted octanol–water partition coefficient (Wildman–Crippen LogP) is 7.64. The Morgan fingerprint density at radius 3 is 2.49 bits per heavy atom. The summed E-state index contributed by atoms with van der Waals surface area (Å²) >= 11 is 6.54. The second-order valence-electron chi connectivity index (χ2n) is 11.9. The molecule has 0 saturated carbocycles. The Hall–Kier alpha value is -5.23. The van der Waals surface area contributed by atoms with Crippen LogP contribution in [0.25, 0.3) is 0 Å². The number of halogens is 2. The number of nitrogens with zero attached hydrogens (tertiary/aromatic N) is 3. The standard InChI is InChI=1S/C34H34ClFN6O5/c1-34(2,3)47-33(45)42-16-13-21(20-42)17-30(43)41-29-19-25(12-15-37-29)46-28-11-10-24(18-27(28)35)39-31-26(5-4-14-38-31)32(44)40-23-8-6-22(36)7-9-23/h4-12,14-15,18-19,21H,13,16-17,20H2,1-3H3,(H,38,39)(H,40,44)(H,37,41,43)/t21-/m0/s1. The number of hydrogen-bond acceptors (Lipinski definition) is 8. The first-order valence-corrected chi connectivity index (χ1v) is 15.3. The van der Waals surface area contributed by atoms with E-state index in [0.29, 0.717) is 54.0 Å². The molecule has 11 nitrogen and oxygen atoms in total. The zero-order chi connectivity index (χ0) is 33.6. The van der Waals surface area contributed by atoms with Gasteiger partial charge < -0.3 is 30.3 Å². The largest absolute Gasteiger partial charge is 0.456 e. The fourth-order valence-electron chi connectivity index (χ4n) is 4.84. The number of carbonyl (C=O) groups is 3. The quantitative estimate of drug-likeness (QED) is 0.167. The molecule has 0 bridgehead atoms. The summed E-state index contributed by atoms with van der Waals surface area (Å²) in [5, 5.41) is 8.90. The summed E-state index contributed by atoms with van der Waals surface area (Å²) in [5.74, 6) is 0.316. The molecular weight excluding hydrogens is 627 g/mol. The maximum Gasteiger partial charge on any atom is 0.410 e. The minimum atomic E-state index is -0.578. The number of benzene rings is 2. The van der Waals surface area contributed by atoms with E-state index in [4.69, 9.17) is 21.1 Å². The zero-order valence-electron chi connectivity index (χ0n) is 26.1. The number of aromatic nitrogens is 2. The van der Waals surface area contributed by atoms with Gasteiger partial charge in [-0.1, -0.05) is 11.6 Å². The monoisotopic (exact) mass is 660 g/mol. The van der Waals surface area contributed by atoms with Gasteiger partial charge in [0.25, 0.3) is 5.91 Å². The van der Waals surface area contributed by atoms with Crippen molar-refractivity contribution >= 4 is 52.5 Å². The number of carbonyl (C=O) groups excluding carboxylic acids is 3. The molecule has 3 heterocycles. The summed E-state index contributed by atoms with van der Waals surface area (Å²) in [6.45, 7) is 6.45. The van der Waals surface area contributed by atoms with Gasteiger partial charge in [-0.2, -0.15) is 0 Å². The minimum Gasteiger partial charge on any atom is -0.456 e. The molecule has 2 aromatic carbocycles. The molecule has 0 aliphatic carbocycles. The summed E-state index contributed by atoms with van der Waals surface area (Å²) in [7, 11) is 0. The minimum absolute atomic E-state index is 0.0132. The zero-order valence-corrected chi connectivity index (χ0v) is 26.8. The lowest BCUT2D eigenvalue weighted by Crippen LogP contribution is -2.35. The number of anilines is 4. The van der Waals surface area contributed by atoms with E-state index in [9.17, 15) is 18.8 Å². The van der Waals surface area contributed by atoms with Crippen molar-refractivity contribution in [3.8, 4) is 11.5 Å². The summed E-state index contributed by atoms with van der Waals surface area (Å²) in [6.07, 6.45) is 3.62. The Balaban J connectivity index is 1.17. The van der Waals surface area contributed by atoms with Crippen LogP contribution in [0.4, 0.5) is 32.2 Å². The third-order valence-corrected chi connectivity index (χ3v) is 7.28. The van der Waals surface area contributed by atoms with Crippen molar-refractivity contribution in [3.63, 3.8) is 0 Å². The number of likely N-dealkylation sites (tertiary alicyclic amines) is 1. The molecule has 1 aliphatic rings. The first-order valence-electron chi connectivity index (χ1n) is 14.9. The van der Waals surface area contributed by atoms with Gasteiger partial charge in [0.15, 0.2) is 0 Å². The van der Waals surface area contributed by atoms with Crippen molar-refractivity contribution in [3.05, 3.63) is 95.5 Å². The molecule has 0 spiro atoms. The Morgan fingerprint density at radius 1 is 0.979 bits per heavy atom. The number of amides is 3. The fraction of sp³-hybridized carbons (Fsp3) is 0.265. The van der Waals surface area contributed by atoms with Crippen LogP contribution in [0.5, 0.6) is 11.5 Å². The average Bonchev–Trinajstić information content (AvgIpc) is 3.48. The number of nitrogens with one attached hydrogen (secondary N) is 3. The van der Waals surface area contributed by atoms with Crippen LogP contribution in [-0.4, -0.2) is 51.5 Å². The van der Waals surface area contributed by atoms with Crippen molar-refractivity contribution < 1.29 is 28.2 Å². The predicted molar refractivity (Wildman–Crippen MR) is 177 cm³/mol. The van der Waals surface area contributed by atoms with Crippen molar-refractivity contribution in [2.75, 3.05) is 29.0 Å². The van der Waals surface area contributed by atoms with Gasteiger partial charge in [-0.25, -0.2) is 19.2 Å². The van der Waals surface area contributed by atoms with Gasteiger partial charge in [0.2, 0.25) is 5.91 Å². The van der Waals surface area contributed by atoms with Gasteiger partial charge >= 0.3 is 6.09 Å². The van der Waals surface area contributed by atoms with Crippen LogP contribution in [0.2, 0.25) is 5.02 Å². The van der Waals surface area contributed by atoms with Gasteiger partial charge in [0, 0.05) is 49.3 Å². The summed E-state index contributed by atoms with van der Waals surface area (Å²) in [6, 6.07) is 16.9. The molecule has 2 aromatic heterocycles. The van der Waals surface area contributed by atoms with E-state index >= 15 is 0 Å². The van der Waals surface area contributed by atoms with E-state index in [2.05, 4.69) is 25.9 Å². The SMILES string of the molecule is CC(C)(C)OC(=O)N1CC[C@@H](CC(=O)Nc2cc(Oc3ccc(Nc4ncccc4C(=O)Nc4ccc(F)cc4)cc3Cl)ccn2)C1. The number of pyridine rings is 2. The van der Waals surface area contributed by atoms with E-state index < -0.39 is 17.3 Å². The lowest BCUT2D eigenvalue weighted by molar-refractivity contribution is -0.117. The highest BCUT2D eigenvalue weighted by Gasteiger charge is 2.31. The molecule has 0 radical (unpaired) electrons. The lowest BCUT2D eigenvalue weighted by atomic mass is 10.0. The molecule has 1 fully saturated rings. The van der Waals surface area contributed by atoms with Crippen LogP contribution in [0.3, 0.4) is 0 Å². The molecule has 5 rings (SSSR count). The average molecular weight is 661 g/mol. The van der Waals surface area contributed by atoms with E-state index in [1.165, 1.54) is 30.5 Å². The summed E-state index contributed by atoms with van der Waals surface area (Å²) in [4.78, 5) is 48.1. The molecule has 0 unspecified atom stereocenters. The first kappa shape index (κ1) is 33.1. The van der Waals surface area contributed by atoms with Gasteiger partial charge in [0.1, 0.15) is 34.6 Å². The molecule has 1 atom stereocenters. The number of hydrogen-bond donors (Lipinski definition) is 3. The summed E-state index contributed by atoms with van der Waals surface area (Å²) in [5.41, 5.74) is 0.686. The first-order chi connectivity index (χ1) is 22.4. The van der Waals surface area contributed by atoms with Crippen LogP contribution in [-0.2, 0) is 9.53 Å². The Bertz CT molecular complexity index is 1760. The molecule has 4 aromatic rings. The van der Waals surface area contributed by atoms with Crippen molar-refractivity contribution in [2.45, 2.75) is 39.2 Å². The smallest absolute Gasteiger partial charge is 0.410 e. The maximum absolute atomic E-state index is 13.2. The normalized spacial score (nSPS) is 14.3.